The fraction of sp³-hybridized carbons (Fsp3) is 0.649. The second-order valence-corrected chi connectivity index (χ2v) is 19.0. The Morgan fingerprint density at radius 1 is 0.977 bits per heavy atom. The average molecular weight is 611 g/mol. The van der Waals surface area contributed by atoms with Gasteiger partial charge in [0, 0.05) is 12.0 Å². The zero-order chi connectivity index (χ0) is 32.1. The van der Waals surface area contributed by atoms with Crippen molar-refractivity contribution in [3.05, 3.63) is 60.7 Å². The van der Waals surface area contributed by atoms with Gasteiger partial charge in [-0.25, -0.2) is 0 Å². The molecule has 1 fully saturated rings. The predicted octanol–water partition coefficient (Wildman–Crippen LogP) is 7.28. The minimum Gasteiger partial charge on any atom is -0.405 e. The molecule has 1 N–H and O–H groups in total. The fourth-order valence-corrected chi connectivity index (χ4v) is 11.7. The topological polar surface area (TPSA) is 65.0 Å². The van der Waals surface area contributed by atoms with E-state index in [0.29, 0.717) is 19.4 Å². The molecule has 2 aromatic rings. The molecule has 0 aromatic heterocycles. The molecular weight excluding hydrogens is 552 g/mol. The monoisotopic (exact) mass is 610 g/mol. The van der Waals surface area contributed by atoms with Crippen molar-refractivity contribution in [1.82, 2.24) is 0 Å². The summed E-state index contributed by atoms with van der Waals surface area (Å²) in [4.78, 5) is 13.9. The van der Waals surface area contributed by atoms with Crippen LogP contribution in [0.1, 0.15) is 101 Å². The zero-order valence-corrected chi connectivity index (χ0v) is 29.5. The van der Waals surface area contributed by atoms with Crippen LogP contribution < -0.4 is 10.4 Å². The van der Waals surface area contributed by atoms with Gasteiger partial charge in [-0.15, -0.1) is 0 Å². The van der Waals surface area contributed by atoms with E-state index in [9.17, 15) is 9.90 Å². The number of hydrogen-bond acceptors (Lipinski definition) is 5. The van der Waals surface area contributed by atoms with Crippen LogP contribution in [-0.4, -0.2) is 49.9 Å². The number of aliphatic hydroxyl groups excluding tert-OH is 1. The van der Waals surface area contributed by atoms with E-state index in [4.69, 9.17) is 13.9 Å². The Labute approximate surface area is 262 Å². The van der Waals surface area contributed by atoms with Gasteiger partial charge in [-0.3, -0.25) is 4.79 Å². The summed E-state index contributed by atoms with van der Waals surface area (Å²) in [6.07, 6.45) is 3.04. The van der Waals surface area contributed by atoms with Crippen molar-refractivity contribution in [1.29, 1.82) is 0 Å². The van der Waals surface area contributed by atoms with Crippen molar-refractivity contribution in [2.45, 2.75) is 130 Å². The Morgan fingerprint density at radius 3 is 1.98 bits per heavy atom. The molecule has 1 aliphatic heterocycles. The molecule has 3 unspecified atom stereocenters. The van der Waals surface area contributed by atoms with E-state index in [-0.39, 0.29) is 28.9 Å². The van der Waals surface area contributed by atoms with E-state index in [1.54, 1.807) is 0 Å². The Bertz CT molecular complexity index is 1100. The van der Waals surface area contributed by atoms with Gasteiger partial charge >= 0.3 is 0 Å². The molecule has 43 heavy (non-hydrogen) atoms. The van der Waals surface area contributed by atoms with E-state index >= 15 is 0 Å². The maximum Gasteiger partial charge on any atom is 0.261 e. The van der Waals surface area contributed by atoms with Crippen LogP contribution in [0.3, 0.4) is 0 Å². The lowest BCUT2D eigenvalue weighted by Gasteiger charge is -2.45. The molecule has 1 aliphatic rings. The Kier molecular flexibility index (Phi) is 12.0. The molecule has 6 heteroatoms. The molecule has 0 saturated carbocycles. The zero-order valence-electron chi connectivity index (χ0n) is 28.5. The first-order valence-electron chi connectivity index (χ1n) is 16.4. The van der Waals surface area contributed by atoms with Crippen LogP contribution in [0.4, 0.5) is 0 Å². The maximum absolute atomic E-state index is 13.9. The summed E-state index contributed by atoms with van der Waals surface area (Å²) in [5, 5.41) is 14.0. The van der Waals surface area contributed by atoms with Gasteiger partial charge in [0.15, 0.2) is 5.79 Å². The van der Waals surface area contributed by atoms with Crippen LogP contribution in [0.2, 0.25) is 5.04 Å². The molecule has 5 nitrogen and oxygen atoms in total. The standard InChI is InChI=1S/C37H58O5Si/c1-11-31(34(39)36(7,8)32-25-26-40-37(9,10)41-32)33(38)27(2)19-18-20-28(3)42-43(35(4,5)6,29-21-14-12-15-22-29)30-23-16-13-17-24-30/h12-17,21-24,27-28,31-33,38H,11,18-20,25-26H2,1-10H3/t27-,28?,31?,32?,33+/m0/s1. The molecule has 5 atom stereocenters. The number of benzene rings is 2. The molecular formula is C37H58O5Si. The highest BCUT2D eigenvalue weighted by atomic mass is 28.4. The fourth-order valence-electron chi connectivity index (χ4n) is 6.92. The van der Waals surface area contributed by atoms with E-state index in [1.807, 2.05) is 34.6 Å². The quantitative estimate of drug-likeness (QED) is 0.228. The minimum absolute atomic E-state index is 0.00295. The summed E-state index contributed by atoms with van der Waals surface area (Å²) in [6.45, 7) is 21.5. The third-order valence-corrected chi connectivity index (χ3v) is 14.7. The molecule has 0 spiro atoms. The molecule has 1 heterocycles. The van der Waals surface area contributed by atoms with Gasteiger partial charge in [0.05, 0.1) is 24.2 Å². The smallest absolute Gasteiger partial charge is 0.261 e. The normalized spacial score (nSPS) is 20.7. The molecule has 0 radical (unpaired) electrons. The third kappa shape index (κ3) is 8.26. The molecule has 0 bridgehead atoms. The van der Waals surface area contributed by atoms with Crippen molar-refractivity contribution in [3.63, 3.8) is 0 Å². The van der Waals surface area contributed by atoms with Crippen molar-refractivity contribution in [2.75, 3.05) is 6.61 Å². The van der Waals surface area contributed by atoms with E-state index in [0.717, 1.165) is 19.3 Å². The van der Waals surface area contributed by atoms with Gasteiger partial charge in [-0.05, 0) is 67.8 Å². The van der Waals surface area contributed by atoms with Crippen LogP contribution in [0, 0.1) is 17.3 Å². The highest BCUT2D eigenvalue weighted by molar-refractivity contribution is 6.99. The van der Waals surface area contributed by atoms with E-state index < -0.39 is 31.5 Å². The second-order valence-electron chi connectivity index (χ2n) is 14.7. The SMILES string of the molecule is CCC(C(=O)C(C)(C)C1CCOC(C)(C)O1)[C@H](O)[C@@H](C)CCCC(C)O[Si](c1ccccc1)(c1ccccc1)C(C)(C)C. The second kappa shape index (κ2) is 14.5. The molecule has 0 aliphatic carbocycles. The largest absolute Gasteiger partial charge is 0.405 e. The number of aliphatic hydroxyl groups is 1. The maximum atomic E-state index is 13.9. The number of Topliss-reactive ketones (excluding diaryl/α,β-unsaturated/α-hetero) is 1. The number of hydrogen-bond donors (Lipinski definition) is 1. The first-order chi connectivity index (χ1) is 20.1. The number of ketones is 1. The Morgan fingerprint density at radius 2 is 1.51 bits per heavy atom. The van der Waals surface area contributed by atoms with Crippen LogP contribution in [0.25, 0.3) is 0 Å². The van der Waals surface area contributed by atoms with E-state index in [2.05, 4.69) is 95.3 Å². The van der Waals surface area contributed by atoms with Crippen molar-refractivity contribution in [3.8, 4) is 0 Å². The molecule has 3 rings (SSSR count). The van der Waals surface area contributed by atoms with Gasteiger partial charge < -0.3 is 19.0 Å². The lowest BCUT2D eigenvalue weighted by Crippen LogP contribution is -2.67. The number of carbonyl (C=O) groups is 1. The summed E-state index contributed by atoms with van der Waals surface area (Å²) >= 11 is 0. The summed E-state index contributed by atoms with van der Waals surface area (Å²) < 4.78 is 19.1. The van der Waals surface area contributed by atoms with Crippen LogP contribution in [0.5, 0.6) is 0 Å². The van der Waals surface area contributed by atoms with Crippen LogP contribution in [-0.2, 0) is 18.7 Å². The lowest BCUT2D eigenvalue weighted by atomic mass is 9.71. The molecule has 1 saturated heterocycles. The summed E-state index contributed by atoms with van der Waals surface area (Å²) in [5.74, 6) is -1.05. The van der Waals surface area contributed by atoms with Crippen molar-refractivity contribution < 1.29 is 23.8 Å². The molecule has 2 aromatic carbocycles. The van der Waals surface area contributed by atoms with E-state index in [1.165, 1.54) is 10.4 Å². The van der Waals surface area contributed by atoms with Gasteiger partial charge in [0.2, 0.25) is 0 Å². The summed E-state index contributed by atoms with van der Waals surface area (Å²) in [6, 6.07) is 21.5. The summed E-state index contributed by atoms with van der Waals surface area (Å²) in [5.41, 5.74) is -0.708. The minimum atomic E-state index is -2.61. The lowest BCUT2D eigenvalue weighted by molar-refractivity contribution is -0.289. The number of rotatable bonds is 14. The summed E-state index contributed by atoms with van der Waals surface area (Å²) in [7, 11) is -2.61. The highest BCUT2D eigenvalue weighted by Gasteiger charge is 2.51. The highest BCUT2D eigenvalue weighted by Crippen LogP contribution is 2.40. The third-order valence-electron chi connectivity index (χ3n) is 9.53. The number of carbonyl (C=O) groups excluding carboxylic acids is 1. The van der Waals surface area contributed by atoms with Gasteiger partial charge in [-0.1, -0.05) is 116 Å². The van der Waals surface area contributed by atoms with Gasteiger partial charge in [0.25, 0.3) is 8.32 Å². The Hall–Kier alpha value is -1.83. The first kappa shape index (κ1) is 35.6. The molecule has 240 valence electrons. The molecule has 0 amide bonds. The predicted molar refractivity (Wildman–Crippen MR) is 179 cm³/mol. The van der Waals surface area contributed by atoms with Crippen molar-refractivity contribution >= 4 is 24.5 Å². The Balaban J connectivity index is 1.68. The van der Waals surface area contributed by atoms with Crippen LogP contribution >= 0.6 is 0 Å². The van der Waals surface area contributed by atoms with Gasteiger partial charge in [0.1, 0.15) is 5.78 Å². The van der Waals surface area contributed by atoms with Gasteiger partial charge in [-0.2, -0.15) is 0 Å². The first-order valence-corrected chi connectivity index (χ1v) is 18.3. The van der Waals surface area contributed by atoms with Crippen molar-refractivity contribution in [2.24, 2.45) is 17.3 Å². The van der Waals surface area contributed by atoms with Crippen LogP contribution in [0.15, 0.2) is 60.7 Å². The number of ether oxygens (including phenoxy) is 2. The average Bonchev–Trinajstić information content (AvgIpc) is 2.95.